The van der Waals surface area contributed by atoms with E-state index < -0.39 is 11.9 Å². The molecule has 0 fully saturated rings. The van der Waals surface area contributed by atoms with Gasteiger partial charge < -0.3 is 10.1 Å². The van der Waals surface area contributed by atoms with E-state index in [2.05, 4.69) is 25.5 Å². The first-order valence-electron chi connectivity index (χ1n) is 10.6. The maximum absolute atomic E-state index is 14.5. The minimum absolute atomic E-state index is 0.0721. The van der Waals surface area contributed by atoms with Crippen LogP contribution >= 0.6 is 0 Å². The third-order valence-electron chi connectivity index (χ3n) is 5.58. The monoisotopic (exact) mass is 456 g/mol. The predicted octanol–water partition coefficient (Wildman–Crippen LogP) is 5.05. The standard InChI is InChI=1S/C25H21FN6O2/c1-15(34-2)25(33)32-13-18-4-3-17(9-19(18)14-32)23-27-12-22(26)24(31-23)30-21-7-5-16(6-8-21)20-10-28-29-11-20/h3-15H,1-2H3,(H,28,29)(H,27,30,31). The van der Waals surface area contributed by atoms with E-state index in [-0.39, 0.29) is 11.7 Å². The zero-order valence-corrected chi connectivity index (χ0v) is 18.5. The normalized spacial score (nSPS) is 12.1. The molecule has 5 rings (SSSR count). The molecular weight excluding hydrogens is 435 g/mol. The highest BCUT2D eigenvalue weighted by Gasteiger charge is 2.15. The van der Waals surface area contributed by atoms with Crippen LogP contribution in [0.15, 0.2) is 73.4 Å². The van der Waals surface area contributed by atoms with Gasteiger partial charge in [-0.05, 0) is 36.1 Å². The van der Waals surface area contributed by atoms with Crippen LogP contribution in [0.25, 0.3) is 33.3 Å². The molecule has 0 aliphatic rings. The Bertz CT molecular complexity index is 1460. The van der Waals surface area contributed by atoms with Gasteiger partial charge in [0, 0.05) is 47.9 Å². The van der Waals surface area contributed by atoms with Crippen LogP contribution in [-0.2, 0) is 4.74 Å². The topological polar surface area (TPSA) is 97.7 Å². The molecule has 9 heteroatoms. The van der Waals surface area contributed by atoms with Gasteiger partial charge in [0.25, 0.3) is 5.91 Å². The van der Waals surface area contributed by atoms with Crippen LogP contribution in [0.3, 0.4) is 0 Å². The number of ether oxygens (including phenoxy) is 1. The van der Waals surface area contributed by atoms with Crippen LogP contribution in [0.1, 0.15) is 11.7 Å². The number of hydrogen-bond donors (Lipinski definition) is 2. The molecule has 170 valence electrons. The van der Waals surface area contributed by atoms with Crippen LogP contribution in [0.5, 0.6) is 0 Å². The molecule has 0 saturated carbocycles. The van der Waals surface area contributed by atoms with Gasteiger partial charge in [0.1, 0.15) is 6.10 Å². The summed E-state index contributed by atoms with van der Waals surface area (Å²) in [7, 11) is 1.50. The third-order valence-corrected chi connectivity index (χ3v) is 5.58. The van der Waals surface area contributed by atoms with E-state index in [0.717, 1.165) is 28.1 Å². The fourth-order valence-corrected chi connectivity index (χ4v) is 3.60. The zero-order valence-electron chi connectivity index (χ0n) is 18.5. The molecule has 0 aliphatic heterocycles. The number of carbonyl (C=O) groups excluding carboxylic acids is 1. The highest BCUT2D eigenvalue weighted by Crippen LogP contribution is 2.27. The Morgan fingerprint density at radius 2 is 1.82 bits per heavy atom. The maximum atomic E-state index is 14.5. The van der Waals surface area contributed by atoms with E-state index in [0.29, 0.717) is 17.1 Å². The first-order valence-corrected chi connectivity index (χ1v) is 10.6. The molecule has 0 radical (unpaired) electrons. The smallest absolute Gasteiger partial charge is 0.259 e. The molecule has 1 atom stereocenters. The molecule has 2 aromatic carbocycles. The van der Waals surface area contributed by atoms with Crippen molar-refractivity contribution in [3.8, 4) is 22.5 Å². The minimum atomic E-state index is -0.561. The number of anilines is 2. The van der Waals surface area contributed by atoms with Gasteiger partial charge in [0.2, 0.25) is 0 Å². The highest BCUT2D eigenvalue weighted by atomic mass is 19.1. The molecule has 3 heterocycles. The van der Waals surface area contributed by atoms with Crippen LogP contribution < -0.4 is 5.32 Å². The van der Waals surface area contributed by atoms with Crippen molar-refractivity contribution in [2.75, 3.05) is 12.4 Å². The van der Waals surface area contributed by atoms with Crippen LogP contribution in [0, 0.1) is 5.82 Å². The average molecular weight is 456 g/mol. The second-order valence-corrected chi connectivity index (χ2v) is 7.80. The van der Waals surface area contributed by atoms with Crippen molar-refractivity contribution in [1.29, 1.82) is 0 Å². The van der Waals surface area contributed by atoms with Gasteiger partial charge in [0.05, 0.1) is 12.4 Å². The SMILES string of the molecule is COC(C)C(=O)n1cc2ccc(-c3ncc(F)c(Nc4ccc(-c5cn[nH]c5)cc4)n3)cc2c1. The molecule has 2 N–H and O–H groups in total. The van der Waals surface area contributed by atoms with Crippen molar-refractivity contribution < 1.29 is 13.9 Å². The summed E-state index contributed by atoms with van der Waals surface area (Å²) >= 11 is 0. The van der Waals surface area contributed by atoms with E-state index in [1.165, 1.54) is 11.7 Å². The molecule has 8 nitrogen and oxygen atoms in total. The van der Waals surface area contributed by atoms with Crippen LogP contribution in [0.4, 0.5) is 15.9 Å². The molecule has 0 amide bonds. The van der Waals surface area contributed by atoms with Crippen molar-refractivity contribution in [2.24, 2.45) is 0 Å². The first-order chi connectivity index (χ1) is 16.5. The Hall–Kier alpha value is -4.37. The van der Waals surface area contributed by atoms with Crippen molar-refractivity contribution in [3.63, 3.8) is 0 Å². The Labute approximate surface area is 194 Å². The fraction of sp³-hybridized carbons (Fsp3) is 0.120. The van der Waals surface area contributed by atoms with Gasteiger partial charge in [-0.25, -0.2) is 14.4 Å². The van der Waals surface area contributed by atoms with Crippen LogP contribution in [-0.4, -0.2) is 43.9 Å². The summed E-state index contributed by atoms with van der Waals surface area (Å²) in [6.45, 7) is 1.70. The number of aromatic nitrogens is 5. The van der Waals surface area contributed by atoms with Crippen molar-refractivity contribution in [2.45, 2.75) is 13.0 Å². The minimum Gasteiger partial charge on any atom is -0.372 e. The maximum Gasteiger partial charge on any atom is 0.259 e. The van der Waals surface area contributed by atoms with Crippen molar-refractivity contribution >= 4 is 28.2 Å². The number of nitrogens with zero attached hydrogens (tertiary/aromatic N) is 4. The predicted molar refractivity (Wildman–Crippen MR) is 127 cm³/mol. The number of hydrogen-bond acceptors (Lipinski definition) is 6. The molecule has 0 spiro atoms. The summed E-state index contributed by atoms with van der Waals surface area (Å²) in [6, 6.07) is 13.1. The zero-order chi connectivity index (χ0) is 23.7. The number of fused-ring (bicyclic) bond motifs is 1. The molecule has 34 heavy (non-hydrogen) atoms. The quantitative estimate of drug-likeness (QED) is 0.371. The lowest BCUT2D eigenvalue weighted by Crippen LogP contribution is -2.24. The number of H-pyrrole nitrogens is 1. The largest absolute Gasteiger partial charge is 0.372 e. The second kappa shape index (κ2) is 8.87. The first kappa shape index (κ1) is 21.5. The van der Waals surface area contributed by atoms with Gasteiger partial charge in [-0.1, -0.05) is 24.3 Å². The number of methoxy groups -OCH3 is 1. The van der Waals surface area contributed by atoms with Gasteiger partial charge in [-0.15, -0.1) is 0 Å². The third kappa shape index (κ3) is 4.16. The lowest BCUT2D eigenvalue weighted by molar-refractivity contribution is 0.0566. The van der Waals surface area contributed by atoms with Crippen LogP contribution in [0.2, 0.25) is 0 Å². The molecule has 5 aromatic rings. The summed E-state index contributed by atoms with van der Waals surface area (Å²) in [6.07, 6.45) is 7.62. The number of benzene rings is 2. The summed E-state index contributed by atoms with van der Waals surface area (Å²) in [5, 5.41) is 11.5. The lowest BCUT2D eigenvalue weighted by atomic mass is 10.1. The molecule has 3 aromatic heterocycles. The Kier molecular flexibility index (Phi) is 5.60. The van der Waals surface area contributed by atoms with Crippen molar-refractivity contribution in [3.05, 3.63) is 79.3 Å². The number of nitrogens with one attached hydrogen (secondary N) is 2. The van der Waals surface area contributed by atoms with E-state index in [1.54, 1.807) is 31.7 Å². The van der Waals surface area contributed by atoms with Gasteiger partial charge >= 0.3 is 0 Å². The molecule has 0 aliphatic carbocycles. The Balaban J connectivity index is 1.41. The molecular formula is C25H21FN6O2. The summed E-state index contributed by atoms with van der Waals surface area (Å²) in [4.78, 5) is 21.0. The molecule has 0 saturated heterocycles. The summed E-state index contributed by atoms with van der Waals surface area (Å²) < 4.78 is 21.1. The number of halogens is 1. The van der Waals surface area contributed by atoms with Crippen molar-refractivity contribution in [1.82, 2.24) is 24.7 Å². The van der Waals surface area contributed by atoms with Gasteiger partial charge in [0.15, 0.2) is 17.5 Å². The van der Waals surface area contributed by atoms with E-state index >= 15 is 0 Å². The van der Waals surface area contributed by atoms with Gasteiger partial charge in [-0.3, -0.25) is 14.5 Å². The Morgan fingerprint density at radius 3 is 2.56 bits per heavy atom. The number of rotatable bonds is 6. The average Bonchev–Trinajstić information content (AvgIpc) is 3.55. The fourth-order valence-electron chi connectivity index (χ4n) is 3.60. The van der Waals surface area contributed by atoms with E-state index in [1.807, 2.05) is 42.5 Å². The number of carbonyl (C=O) groups is 1. The summed E-state index contributed by atoms with van der Waals surface area (Å²) in [5.41, 5.74) is 3.34. The lowest BCUT2D eigenvalue weighted by Gasteiger charge is -2.09. The second-order valence-electron chi connectivity index (χ2n) is 7.80. The van der Waals surface area contributed by atoms with Gasteiger partial charge in [-0.2, -0.15) is 5.10 Å². The van der Waals surface area contributed by atoms with E-state index in [9.17, 15) is 9.18 Å². The number of aromatic amines is 1. The highest BCUT2D eigenvalue weighted by molar-refractivity contribution is 5.92. The molecule has 0 bridgehead atoms. The molecule has 1 unspecified atom stereocenters. The summed E-state index contributed by atoms with van der Waals surface area (Å²) in [5.74, 6) is -0.287. The van der Waals surface area contributed by atoms with E-state index in [4.69, 9.17) is 4.74 Å². The Morgan fingerprint density at radius 1 is 1.06 bits per heavy atom.